The summed E-state index contributed by atoms with van der Waals surface area (Å²) in [7, 11) is 0. The zero-order chi connectivity index (χ0) is 16.8. The SMILES string of the molecule is OC(COc1ccc(Cl)cc1Cl)CSCc1ccc(Cl)cc1Cl. The second kappa shape index (κ2) is 9.26. The number of thioether (sulfide) groups is 1. The highest BCUT2D eigenvalue weighted by Gasteiger charge is 2.09. The molecule has 1 unspecified atom stereocenters. The van der Waals surface area contributed by atoms with Crippen molar-refractivity contribution in [3.63, 3.8) is 0 Å². The zero-order valence-corrected chi connectivity index (χ0v) is 15.8. The maximum atomic E-state index is 9.98. The van der Waals surface area contributed by atoms with Crippen molar-refractivity contribution in [2.24, 2.45) is 0 Å². The molecule has 0 aromatic heterocycles. The van der Waals surface area contributed by atoms with Crippen LogP contribution in [0.2, 0.25) is 20.1 Å². The highest BCUT2D eigenvalue weighted by Crippen LogP contribution is 2.28. The fourth-order valence-electron chi connectivity index (χ4n) is 1.77. The van der Waals surface area contributed by atoms with Crippen molar-refractivity contribution < 1.29 is 9.84 Å². The number of halogens is 4. The maximum Gasteiger partial charge on any atom is 0.138 e. The van der Waals surface area contributed by atoms with Gasteiger partial charge in [0.15, 0.2) is 0 Å². The largest absolute Gasteiger partial charge is 0.489 e. The second-order valence-electron chi connectivity index (χ2n) is 4.79. The van der Waals surface area contributed by atoms with Crippen LogP contribution in [0.5, 0.6) is 5.75 Å². The second-order valence-corrected chi connectivity index (χ2v) is 7.51. The van der Waals surface area contributed by atoms with Crippen molar-refractivity contribution in [2.45, 2.75) is 11.9 Å². The highest BCUT2D eigenvalue weighted by atomic mass is 35.5. The minimum Gasteiger partial charge on any atom is -0.489 e. The van der Waals surface area contributed by atoms with E-state index < -0.39 is 6.10 Å². The van der Waals surface area contributed by atoms with Gasteiger partial charge >= 0.3 is 0 Å². The molecule has 0 aliphatic rings. The molecule has 0 fully saturated rings. The predicted octanol–water partition coefficient (Wildman–Crippen LogP) is 5.97. The number of aliphatic hydroxyl groups is 1. The van der Waals surface area contributed by atoms with Gasteiger partial charge in [-0.3, -0.25) is 0 Å². The number of ether oxygens (including phenoxy) is 1. The molecule has 0 aliphatic carbocycles. The van der Waals surface area contributed by atoms with Crippen molar-refractivity contribution in [3.8, 4) is 5.75 Å². The van der Waals surface area contributed by atoms with E-state index in [9.17, 15) is 5.11 Å². The first kappa shape index (κ1) is 19.0. The van der Waals surface area contributed by atoms with Gasteiger partial charge in [-0.25, -0.2) is 0 Å². The minimum atomic E-state index is -0.613. The molecule has 23 heavy (non-hydrogen) atoms. The summed E-state index contributed by atoms with van der Waals surface area (Å²) in [5.41, 5.74) is 0.981. The van der Waals surface area contributed by atoms with Crippen molar-refractivity contribution in [2.75, 3.05) is 12.4 Å². The topological polar surface area (TPSA) is 29.5 Å². The Morgan fingerprint density at radius 3 is 2.26 bits per heavy atom. The van der Waals surface area contributed by atoms with Gasteiger partial charge in [-0.15, -0.1) is 0 Å². The van der Waals surface area contributed by atoms with E-state index in [1.165, 1.54) is 0 Å². The summed E-state index contributed by atoms with van der Waals surface area (Å²) in [6, 6.07) is 10.4. The number of aliphatic hydroxyl groups excluding tert-OH is 1. The molecule has 0 amide bonds. The summed E-state index contributed by atoms with van der Waals surface area (Å²) >= 11 is 25.3. The molecule has 1 atom stereocenters. The number of hydrogen-bond acceptors (Lipinski definition) is 3. The van der Waals surface area contributed by atoms with Gasteiger partial charge in [-0.1, -0.05) is 52.5 Å². The summed E-state index contributed by atoms with van der Waals surface area (Å²) in [4.78, 5) is 0. The summed E-state index contributed by atoms with van der Waals surface area (Å²) in [5, 5.41) is 12.2. The van der Waals surface area contributed by atoms with Crippen LogP contribution in [0, 0.1) is 0 Å². The first-order chi connectivity index (χ1) is 11.0. The van der Waals surface area contributed by atoms with E-state index in [0.29, 0.717) is 37.3 Å². The van der Waals surface area contributed by atoms with Gasteiger partial charge in [0, 0.05) is 26.6 Å². The molecule has 2 aromatic rings. The highest BCUT2D eigenvalue weighted by molar-refractivity contribution is 7.98. The van der Waals surface area contributed by atoms with E-state index in [0.717, 1.165) is 5.56 Å². The van der Waals surface area contributed by atoms with Crippen LogP contribution >= 0.6 is 58.2 Å². The van der Waals surface area contributed by atoms with Crippen molar-refractivity contribution in [1.82, 2.24) is 0 Å². The molecular formula is C16H14Cl4O2S. The average Bonchev–Trinajstić information content (AvgIpc) is 2.48. The van der Waals surface area contributed by atoms with Crippen LogP contribution in [-0.4, -0.2) is 23.6 Å². The van der Waals surface area contributed by atoms with Crippen LogP contribution in [0.25, 0.3) is 0 Å². The Hall–Kier alpha value is -0.290. The third-order valence-corrected chi connectivity index (χ3v) is 5.16. The molecule has 0 radical (unpaired) electrons. The summed E-state index contributed by atoms with van der Waals surface area (Å²) < 4.78 is 5.50. The molecule has 0 saturated heterocycles. The average molecular weight is 412 g/mol. The first-order valence-corrected chi connectivity index (χ1v) is 9.40. The van der Waals surface area contributed by atoms with Crippen LogP contribution in [-0.2, 0) is 5.75 Å². The Bertz CT molecular complexity index is 667. The molecule has 0 heterocycles. The molecule has 7 heteroatoms. The van der Waals surface area contributed by atoms with Gasteiger partial charge in [0.2, 0.25) is 0 Å². The number of hydrogen-bond donors (Lipinski definition) is 1. The summed E-state index contributed by atoms with van der Waals surface area (Å²) in [6.07, 6.45) is -0.613. The Labute approximate surface area is 159 Å². The van der Waals surface area contributed by atoms with Crippen molar-refractivity contribution in [1.29, 1.82) is 0 Å². The molecule has 2 nitrogen and oxygen atoms in total. The molecule has 0 saturated carbocycles. The smallest absolute Gasteiger partial charge is 0.138 e. The minimum absolute atomic E-state index is 0.155. The van der Waals surface area contributed by atoms with E-state index in [1.54, 1.807) is 42.1 Å². The van der Waals surface area contributed by atoms with Crippen molar-refractivity contribution in [3.05, 3.63) is 62.1 Å². The van der Waals surface area contributed by atoms with Gasteiger partial charge in [0.25, 0.3) is 0 Å². The van der Waals surface area contributed by atoms with E-state index in [2.05, 4.69) is 0 Å². The molecule has 1 N–H and O–H groups in total. The first-order valence-electron chi connectivity index (χ1n) is 6.73. The van der Waals surface area contributed by atoms with Gasteiger partial charge in [-0.05, 0) is 35.9 Å². The lowest BCUT2D eigenvalue weighted by atomic mass is 10.2. The van der Waals surface area contributed by atoms with E-state index in [-0.39, 0.29) is 6.61 Å². The lowest BCUT2D eigenvalue weighted by Gasteiger charge is -2.13. The number of benzene rings is 2. The van der Waals surface area contributed by atoms with Crippen molar-refractivity contribution >= 4 is 58.2 Å². The van der Waals surface area contributed by atoms with Crippen LogP contribution in [0.4, 0.5) is 0 Å². The predicted molar refractivity (Wildman–Crippen MR) is 101 cm³/mol. The molecule has 2 aromatic carbocycles. The summed E-state index contributed by atoms with van der Waals surface area (Å²) in [6.45, 7) is 0.155. The Morgan fingerprint density at radius 1 is 0.957 bits per heavy atom. The monoisotopic (exact) mass is 410 g/mol. The van der Waals surface area contributed by atoms with E-state index in [1.807, 2.05) is 6.07 Å². The quantitative estimate of drug-likeness (QED) is 0.608. The van der Waals surface area contributed by atoms with Gasteiger partial charge in [0.1, 0.15) is 12.4 Å². The fourth-order valence-corrected chi connectivity index (χ4v) is 3.75. The van der Waals surface area contributed by atoms with E-state index >= 15 is 0 Å². The molecule has 2 rings (SSSR count). The lowest BCUT2D eigenvalue weighted by molar-refractivity contribution is 0.126. The van der Waals surface area contributed by atoms with E-state index in [4.69, 9.17) is 51.1 Å². The molecule has 0 spiro atoms. The lowest BCUT2D eigenvalue weighted by Crippen LogP contribution is -2.20. The summed E-state index contributed by atoms with van der Waals surface area (Å²) in [5.74, 6) is 1.71. The molecule has 0 aliphatic heterocycles. The third kappa shape index (κ3) is 6.26. The van der Waals surface area contributed by atoms with Crippen LogP contribution in [0.15, 0.2) is 36.4 Å². The van der Waals surface area contributed by atoms with Crippen LogP contribution in [0.3, 0.4) is 0 Å². The van der Waals surface area contributed by atoms with Gasteiger partial charge < -0.3 is 9.84 Å². The van der Waals surface area contributed by atoms with Gasteiger partial charge in [0.05, 0.1) is 11.1 Å². The van der Waals surface area contributed by atoms with Crippen LogP contribution in [0.1, 0.15) is 5.56 Å². The van der Waals surface area contributed by atoms with Gasteiger partial charge in [-0.2, -0.15) is 11.8 Å². The zero-order valence-electron chi connectivity index (χ0n) is 11.9. The standard InChI is InChI=1S/C16H14Cl4O2S/c17-11-2-1-10(14(19)5-11)8-23-9-13(21)7-22-16-4-3-12(18)6-15(16)20/h1-6,13,21H,7-9H2. The fraction of sp³-hybridized carbons (Fsp3) is 0.250. The third-order valence-electron chi connectivity index (χ3n) is 2.91. The molecule has 0 bridgehead atoms. The normalized spacial score (nSPS) is 12.2. The molecule has 124 valence electrons. The Balaban J connectivity index is 1.75. The van der Waals surface area contributed by atoms with Crippen LogP contribution < -0.4 is 4.74 Å². The molecular weight excluding hydrogens is 398 g/mol. The number of rotatable bonds is 7. The maximum absolute atomic E-state index is 9.98. The Morgan fingerprint density at radius 2 is 1.61 bits per heavy atom. The Kier molecular flexibility index (Phi) is 7.67.